The van der Waals surface area contributed by atoms with Crippen LogP contribution in [0.3, 0.4) is 0 Å². The highest BCUT2D eigenvalue weighted by Gasteiger charge is 2.26. The Bertz CT molecular complexity index is 1070. The number of nitrogens with zero attached hydrogens (tertiary/aromatic N) is 2. The summed E-state index contributed by atoms with van der Waals surface area (Å²) < 4.78 is 5.59. The molecule has 8 heteroatoms. The molecule has 3 rings (SSSR count). The van der Waals surface area contributed by atoms with Crippen LogP contribution in [0.25, 0.3) is 0 Å². The number of carboxylic acid groups (broad SMARTS) is 1. The van der Waals surface area contributed by atoms with E-state index in [1.807, 2.05) is 25.1 Å². The number of amides is 2. The van der Waals surface area contributed by atoms with Crippen molar-refractivity contribution in [2.24, 2.45) is 5.92 Å². The average molecular weight is 493 g/mol. The second-order valence-corrected chi connectivity index (χ2v) is 9.64. The smallest absolute Gasteiger partial charge is 0.323 e. The van der Waals surface area contributed by atoms with Gasteiger partial charge in [-0.05, 0) is 73.1 Å². The van der Waals surface area contributed by atoms with E-state index < -0.39 is 12.0 Å². The summed E-state index contributed by atoms with van der Waals surface area (Å²) in [4.78, 5) is 26.8. The lowest BCUT2D eigenvalue weighted by Gasteiger charge is -2.38. The van der Waals surface area contributed by atoms with Crippen molar-refractivity contribution in [3.05, 3.63) is 53.6 Å². The van der Waals surface area contributed by atoms with Gasteiger partial charge in [0.2, 0.25) is 0 Å². The van der Waals surface area contributed by atoms with Gasteiger partial charge in [-0.1, -0.05) is 26.8 Å². The molecule has 1 unspecified atom stereocenters. The minimum atomic E-state index is -0.845. The minimum absolute atomic E-state index is 0.0302. The number of hydrogen-bond acceptors (Lipinski definition) is 5. The third-order valence-corrected chi connectivity index (χ3v) is 6.43. The molecule has 192 valence electrons. The third kappa shape index (κ3) is 7.46. The molecule has 2 amide bonds. The van der Waals surface area contributed by atoms with Crippen LogP contribution in [0.5, 0.6) is 0 Å². The number of urea groups is 1. The van der Waals surface area contributed by atoms with Crippen LogP contribution >= 0.6 is 0 Å². The molecule has 0 aromatic heterocycles. The van der Waals surface area contributed by atoms with Gasteiger partial charge < -0.3 is 25.4 Å². The van der Waals surface area contributed by atoms with Crippen LogP contribution in [0.15, 0.2) is 42.5 Å². The molecule has 2 aromatic carbocycles. The molecule has 1 heterocycles. The number of hydrogen-bond donors (Lipinski definition) is 3. The normalized spacial score (nSPS) is 14.6. The highest BCUT2D eigenvalue weighted by molar-refractivity contribution is 6.02. The molecule has 8 nitrogen and oxygen atoms in total. The van der Waals surface area contributed by atoms with E-state index in [0.717, 1.165) is 30.6 Å². The summed E-state index contributed by atoms with van der Waals surface area (Å²) in [5, 5.41) is 24.2. The molecule has 0 bridgehead atoms. The summed E-state index contributed by atoms with van der Waals surface area (Å²) in [7, 11) is 0. The molecule has 0 radical (unpaired) electrons. The first-order valence-electron chi connectivity index (χ1n) is 12.6. The van der Waals surface area contributed by atoms with Crippen LogP contribution in [-0.4, -0.2) is 42.9 Å². The standard InChI is InChI=1S/C28H36N4O4/c1-4-21(16-27(33)34)22-7-10-26(32(18-19(2)3)24-11-13-36-14-12-24)25(15-22)31-28(35)30-23-8-5-20(17-29)6-9-23/h5-10,15,19,21,24H,4,11-14,16,18H2,1-3H3,(H,33,34)(H2,30,31,35). The number of carbonyl (C=O) groups is 2. The monoisotopic (exact) mass is 492 g/mol. The largest absolute Gasteiger partial charge is 0.481 e. The Labute approximate surface area is 213 Å². The number of anilines is 3. The molecule has 1 fully saturated rings. The Morgan fingerprint density at radius 2 is 1.83 bits per heavy atom. The van der Waals surface area contributed by atoms with Crippen molar-refractivity contribution in [2.45, 2.75) is 58.4 Å². The van der Waals surface area contributed by atoms with E-state index in [2.05, 4.69) is 35.5 Å². The van der Waals surface area contributed by atoms with Gasteiger partial charge in [0.05, 0.1) is 29.4 Å². The zero-order valence-electron chi connectivity index (χ0n) is 21.3. The molecule has 1 aliphatic rings. The maximum Gasteiger partial charge on any atom is 0.323 e. The van der Waals surface area contributed by atoms with Crippen molar-refractivity contribution >= 4 is 29.1 Å². The second kappa shape index (κ2) is 12.9. The number of aliphatic carboxylic acids is 1. The molecule has 1 atom stereocenters. The van der Waals surface area contributed by atoms with Crippen LogP contribution in [-0.2, 0) is 9.53 Å². The number of nitrogens with one attached hydrogen (secondary N) is 2. The fourth-order valence-corrected chi connectivity index (χ4v) is 4.61. The quantitative estimate of drug-likeness (QED) is 0.385. The number of nitriles is 1. The molecule has 1 saturated heterocycles. The molecule has 1 aliphatic heterocycles. The van der Waals surface area contributed by atoms with Gasteiger partial charge in [0, 0.05) is 31.5 Å². The van der Waals surface area contributed by atoms with Crippen molar-refractivity contribution in [1.82, 2.24) is 0 Å². The number of carbonyl (C=O) groups excluding carboxylic acids is 1. The van der Waals surface area contributed by atoms with Crippen LogP contribution in [0.2, 0.25) is 0 Å². The van der Waals surface area contributed by atoms with Crippen LogP contribution in [0.4, 0.5) is 21.9 Å². The van der Waals surface area contributed by atoms with Crippen LogP contribution in [0.1, 0.15) is 63.5 Å². The van der Waals surface area contributed by atoms with Crippen molar-refractivity contribution in [2.75, 3.05) is 35.3 Å². The molecule has 0 spiro atoms. The van der Waals surface area contributed by atoms with Gasteiger partial charge in [0.15, 0.2) is 0 Å². The number of ether oxygens (including phenoxy) is 1. The Morgan fingerprint density at radius 3 is 2.42 bits per heavy atom. The predicted octanol–water partition coefficient (Wildman–Crippen LogP) is 5.81. The summed E-state index contributed by atoms with van der Waals surface area (Å²) in [6, 6.07) is 14.5. The number of rotatable bonds is 10. The Kier molecular flexibility index (Phi) is 9.71. The van der Waals surface area contributed by atoms with Crippen molar-refractivity contribution < 1.29 is 19.4 Å². The number of benzene rings is 2. The fourth-order valence-electron chi connectivity index (χ4n) is 4.61. The molecule has 2 aromatic rings. The Morgan fingerprint density at radius 1 is 1.14 bits per heavy atom. The SMILES string of the molecule is CCC(CC(=O)O)c1ccc(N(CC(C)C)C2CCOCC2)c(NC(=O)Nc2ccc(C#N)cc2)c1. The minimum Gasteiger partial charge on any atom is -0.481 e. The van der Waals surface area contributed by atoms with Gasteiger partial charge in [0.25, 0.3) is 0 Å². The lowest BCUT2D eigenvalue weighted by Crippen LogP contribution is -2.42. The highest BCUT2D eigenvalue weighted by Crippen LogP contribution is 2.35. The first-order valence-corrected chi connectivity index (χ1v) is 12.6. The van der Waals surface area contributed by atoms with E-state index in [1.165, 1.54) is 0 Å². The first kappa shape index (κ1) is 27.0. The summed E-state index contributed by atoms with van der Waals surface area (Å²) in [5.74, 6) is -0.591. The highest BCUT2D eigenvalue weighted by atomic mass is 16.5. The first-order chi connectivity index (χ1) is 17.3. The van der Waals surface area contributed by atoms with E-state index in [4.69, 9.17) is 10.00 Å². The predicted molar refractivity (Wildman–Crippen MR) is 142 cm³/mol. The summed E-state index contributed by atoms with van der Waals surface area (Å²) in [6.45, 7) is 8.55. The Balaban J connectivity index is 1.95. The van der Waals surface area contributed by atoms with E-state index >= 15 is 0 Å². The van der Waals surface area contributed by atoms with Gasteiger partial charge in [-0.2, -0.15) is 5.26 Å². The van der Waals surface area contributed by atoms with Gasteiger partial charge in [-0.3, -0.25) is 4.79 Å². The maximum absolute atomic E-state index is 13.0. The molecular formula is C28H36N4O4. The van der Waals surface area contributed by atoms with Crippen molar-refractivity contribution in [3.63, 3.8) is 0 Å². The van der Waals surface area contributed by atoms with E-state index in [0.29, 0.717) is 42.5 Å². The zero-order valence-corrected chi connectivity index (χ0v) is 21.3. The molecular weight excluding hydrogens is 456 g/mol. The number of carboxylic acids is 1. The fraction of sp³-hybridized carbons (Fsp3) is 0.464. The average Bonchev–Trinajstić information content (AvgIpc) is 2.86. The van der Waals surface area contributed by atoms with Crippen molar-refractivity contribution in [1.29, 1.82) is 5.26 Å². The van der Waals surface area contributed by atoms with Gasteiger partial charge >= 0.3 is 12.0 Å². The van der Waals surface area contributed by atoms with Gasteiger partial charge in [0.1, 0.15) is 0 Å². The lowest BCUT2D eigenvalue weighted by atomic mass is 9.92. The lowest BCUT2D eigenvalue weighted by molar-refractivity contribution is -0.137. The molecule has 3 N–H and O–H groups in total. The van der Waals surface area contributed by atoms with Gasteiger partial charge in [-0.15, -0.1) is 0 Å². The van der Waals surface area contributed by atoms with E-state index in [1.54, 1.807) is 24.3 Å². The Hall–Kier alpha value is -3.57. The summed E-state index contributed by atoms with van der Waals surface area (Å²) >= 11 is 0. The molecule has 0 aliphatic carbocycles. The topological polar surface area (TPSA) is 115 Å². The van der Waals surface area contributed by atoms with Crippen LogP contribution < -0.4 is 15.5 Å². The van der Waals surface area contributed by atoms with Gasteiger partial charge in [-0.25, -0.2) is 4.79 Å². The summed E-state index contributed by atoms with van der Waals surface area (Å²) in [5.41, 5.74) is 3.54. The van der Waals surface area contributed by atoms with Crippen LogP contribution in [0, 0.1) is 17.2 Å². The summed E-state index contributed by atoms with van der Waals surface area (Å²) in [6.07, 6.45) is 2.52. The molecule has 0 saturated carbocycles. The van der Waals surface area contributed by atoms with E-state index in [9.17, 15) is 14.7 Å². The third-order valence-electron chi connectivity index (χ3n) is 6.43. The maximum atomic E-state index is 13.0. The molecule has 36 heavy (non-hydrogen) atoms. The van der Waals surface area contributed by atoms with Crippen molar-refractivity contribution in [3.8, 4) is 6.07 Å². The van der Waals surface area contributed by atoms with E-state index in [-0.39, 0.29) is 18.4 Å². The second-order valence-electron chi connectivity index (χ2n) is 9.64. The zero-order chi connectivity index (χ0) is 26.1.